The minimum Gasteiger partial charge on any atom is -0.491 e. The number of hydrogen-bond acceptors (Lipinski definition) is 4. The molecule has 1 aliphatic rings. The molecule has 0 aliphatic carbocycles. The largest absolute Gasteiger partial charge is 0.491 e. The Labute approximate surface area is 138 Å². The Hall–Kier alpha value is -1.30. The van der Waals surface area contributed by atoms with Crippen LogP contribution in [0.4, 0.5) is 0 Å². The lowest BCUT2D eigenvalue weighted by Crippen LogP contribution is -2.39. The number of carbonyl (C=O) groups is 1. The van der Waals surface area contributed by atoms with Gasteiger partial charge >= 0.3 is 0 Å². The first-order valence-corrected chi connectivity index (χ1v) is 7.43. The van der Waals surface area contributed by atoms with Crippen molar-refractivity contribution in [3.8, 4) is 5.75 Å². The van der Waals surface area contributed by atoms with Crippen molar-refractivity contribution in [3.05, 3.63) is 29.8 Å². The van der Waals surface area contributed by atoms with E-state index < -0.39 is 0 Å². The summed E-state index contributed by atoms with van der Waals surface area (Å²) in [6.07, 6.45) is 2.30. The first-order valence-electron chi connectivity index (χ1n) is 7.43. The number of amides is 1. The summed E-state index contributed by atoms with van der Waals surface area (Å²) in [5.74, 6) is 0.653. The van der Waals surface area contributed by atoms with Gasteiger partial charge < -0.3 is 20.1 Å². The SMILES string of the molecule is CC(CN)N(C)C(=O)c1cccc(OCC2CCCO2)c1.Cl. The fraction of sp³-hybridized carbons (Fsp3) is 0.562. The average Bonchev–Trinajstić information content (AvgIpc) is 3.04. The van der Waals surface area contributed by atoms with Gasteiger partial charge in [0.1, 0.15) is 12.4 Å². The van der Waals surface area contributed by atoms with Crippen LogP contribution in [0.25, 0.3) is 0 Å². The van der Waals surface area contributed by atoms with Crippen LogP contribution in [0.2, 0.25) is 0 Å². The van der Waals surface area contributed by atoms with Crippen LogP contribution in [0.15, 0.2) is 24.3 Å². The molecular formula is C16H25ClN2O3. The van der Waals surface area contributed by atoms with Crippen LogP contribution in [0.5, 0.6) is 5.75 Å². The third kappa shape index (κ3) is 4.87. The van der Waals surface area contributed by atoms with Crippen LogP contribution < -0.4 is 10.5 Å². The molecule has 1 saturated heterocycles. The van der Waals surface area contributed by atoms with Crippen LogP contribution >= 0.6 is 12.4 Å². The van der Waals surface area contributed by atoms with Crippen LogP contribution in [-0.2, 0) is 4.74 Å². The second-order valence-corrected chi connectivity index (χ2v) is 5.47. The number of nitrogens with two attached hydrogens (primary N) is 1. The first kappa shape index (κ1) is 18.7. The fourth-order valence-corrected chi connectivity index (χ4v) is 2.25. The number of halogens is 1. The molecule has 2 unspecified atom stereocenters. The first-order chi connectivity index (χ1) is 10.1. The highest BCUT2D eigenvalue weighted by molar-refractivity contribution is 5.94. The smallest absolute Gasteiger partial charge is 0.254 e. The molecule has 1 fully saturated rings. The van der Waals surface area contributed by atoms with Gasteiger partial charge in [0.15, 0.2) is 0 Å². The number of rotatable bonds is 6. The lowest BCUT2D eigenvalue weighted by molar-refractivity contribution is 0.0677. The lowest BCUT2D eigenvalue weighted by Gasteiger charge is -2.23. The summed E-state index contributed by atoms with van der Waals surface area (Å²) in [4.78, 5) is 14.0. The van der Waals surface area contributed by atoms with Crippen molar-refractivity contribution < 1.29 is 14.3 Å². The Bertz CT molecular complexity index is 478. The van der Waals surface area contributed by atoms with Gasteiger partial charge in [-0.1, -0.05) is 6.07 Å². The molecule has 1 aliphatic heterocycles. The molecule has 0 saturated carbocycles. The Balaban J connectivity index is 0.00000242. The van der Waals surface area contributed by atoms with Gasteiger partial charge in [-0.2, -0.15) is 0 Å². The summed E-state index contributed by atoms with van der Waals surface area (Å²) in [5.41, 5.74) is 6.22. The number of benzene rings is 1. The van der Waals surface area contributed by atoms with Gasteiger partial charge in [-0.3, -0.25) is 4.79 Å². The van der Waals surface area contributed by atoms with Crippen molar-refractivity contribution in [2.45, 2.75) is 31.9 Å². The molecule has 22 heavy (non-hydrogen) atoms. The normalized spacial score (nSPS) is 18.4. The summed E-state index contributed by atoms with van der Waals surface area (Å²) in [6, 6.07) is 7.27. The van der Waals surface area contributed by atoms with Crippen molar-refractivity contribution in [1.29, 1.82) is 0 Å². The predicted molar refractivity (Wildman–Crippen MR) is 88.8 cm³/mol. The molecule has 5 nitrogen and oxygen atoms in total. The number of carbonyl (C=O) groups excluding carboxylic acids is 1. The minimum atomic E-state index is -0.0458. The van der Waals surface area contributed by atoms with Crippen molar-refractivity contribution in [2.24, 2.45) is 5.73 Å². The standard InChI is InChI=1S/C16H24N2O3.ClH/c1-12(10-17)18(2)16(19)13-5-3-6-14(9-13)21-11-15-7-4-8-20-15;/h3,5-6,9,12,15H,4,7-8,10-11,17H2,1-2H3;1H. The zero-order valence-electron chi connectivity index (χ0n) is 13.2. The van der Waals surface area contributed by atoms with E-state index in [2.05, 4.69) is 0 Å². The maximum absolute atomic E-state index is 12.3. The van der Waals surface area contributed by atoms with E-state index in [1.54, 1.807) is 24.1 Å². The summed E-state index contributed by atoms with van der Waals surface area (Å²) >= 11 is 0. The molecule has 6 heteroatoms. The van der Waals surface area contributed by atoms with Crippen LogP contribution in [-0.4, -0.2) is 49.8 Å². The fourth-order valence-electron chi connectivity index (χ4n) is 2.25. The monoisotopic (exact) mass is 328 g/mol. The molecule has 1 heterocycles. The van der Waals surface area contributed by atoms with Gasteiger partial charge in [0.25, 0.3) is 5.91 Å². The number of nitrogens with zero attached hydrogens (tertiary/aromatic N) is 1. The van der Waals surface area contributed by atoms with E-state index >= 15 is 0 Å². The van der Waals surface area contributed by atoms with E-state index in [4.69, 9.17) is 15.2 Å². The Kier molecular flexibility index (Phi) is 7.65. The van der Waals surface area contributed by atoms with E-state index in [0.717, 1.165) is 19.4 Å². The third-order valence-corrected chi connectivity index (χ3v) is 3.86. The molecule has 1 aromatic carbocycles. The molecule has 2 rings (SSSR count). The molecule has 1 amide bonds. The van der Waals surface area contributed by atoms with Crippen molar-refractivity contribution in [2.75, 3.05) is 26.8 Å². The molecular weight excluding hydrogens is 304 g/mol. The van der Waals surface area contributed by atoms with Crippen LogP contribution in [0.1, 0.15) is 30.1 Å². The highest BCUT2D eigenvalue weighted by atomic mass is 35.5. The average molecular weight is 329 g/mol. The van der Waals surface area contributed by atoms with Crippen molar-refractivity contribution in [3.63, 3.8) is 0 Å². The van der Waals surface area contributed by atoms with Gasteiger partial charge in [-0.05, 0) is 38.0 Å². The summed E-state index contributed by atoms with van der Waals surface area (Å²) in [5, 5.41) is 0. The van der Waals surface area contributed by atoms with Crippen molar-refractivity contribution in [1.82, 2.24) is 4.90 Å². The number of likely N-dealkylation sites (N-methyl/N-ethyl adjacent to an activating group) is 1. The maximum Gasteiger partial charge on any atom is 0.254 e. The van der Waals surface area contributed by atoms with E-state index in [1.165, 1.54) is 0 Å². The Morgan fingerprint density at radius 2 is 2.32 bits per heavy atom. The van der Waals surface area contributed by atoms with E-state index in [0.29, 0.717) is 24.5 Å². The molecule has 0 radical (unpaired) electrons. The van der Waals surface area contributed by atoms with Crippen LogP contribution in [0.3, 0.4) is 0 Å². The quantitative estimate of drug-likeness (QED) is 0.868. The summed E-state index contributed by atoms with van der Waals surface area (Å²) < 4.78 is 11.2. The Morgan fingerprint density at radius 1 is 1.55 bits per heavy atom. The molecule has 124 valence electrons. The van der Waals surface area contributed by atoms with E-state index in [1.807, 2.05) is 19.1 Å². The van der Waals surface area contributed by atoms with E-state index in [-0.39, 0.29) is 30.5 Å². The Morgan fingerprint density at radius 3 is 2.95 bits per heavy atom. The van der Waals surface area contributed by atoms with E-state index in [9.17, 15) is 4.79 Å². The zero-order chi connectivity index (χ0) is 15.2. The molecule has 0 aromatic heterocycles. The minimum absolute atomic E-state index is 0. The summed E-state index contributed by atoms with van der Waals surface area (Å²) in [7, 11) is 1.76. The van der Waals surface area contributed by atoms with Crippen LogP contribution in [0, 0.1) is 0 Å². The molecule has 0 spiro atoms. The highest BCUT2D eigenvalue weighted by Gasteiger charge is 2.18. The number of ether oxygens (including phenoxy) is 2. The topological polar surface area (TPSA) is 64.8 Å². The molecule has 2 N–H and O–H groups in total. The van der Waals surface area contributed by atoms with Gasteiger partial charge in [0.2, 0.25) is 0 Å². The molecule has 0 bridgehead atoms. The summed E-state index contributed by atoms with van der Waals surface area (Å²) in [6.45, 7) is 3.72. The van der Waals surface area contributed by atoms with Gasteiger partial charge in [0, 0.05) is 31.8 Å². The third-order valence-electron chi connectivity index (χ3n) is 3.86. The maximum atomic E-state index is 12.3. The van der Waals surface area contributed by atoms with Gasteiger partial charge in [-0.15, -0.1) is 12.4 Å². The molecule has 1 aromatic rings. The van der Waals surface area contributed by atoms with Gasteiger partial charge in [0.05, 0.1) is 6.10 Å². The van der Waals surface area contributed by atoms with Gasteiger partial charge in [-0.25, -0.2) is 0 Å². The predicted octanol–water partition coefficient (Wildman–Crippen LogP) is 2.09. The second-order valence-electron chi connectivity index (χ2n) is 5.47. The number of hydrogen-bond donors (Lipinski definition) is 1. The molecule has 2 atom stereocenters. The zero-order valence-corrected chi connectivity index (χ0v) is 14.0. The lowest BCUT2D eigenvalue weighted by atomic mass is 10.1. The second kappa shape index (κ2) is 8.98. The highest BCUT2D eigenvalue weighted by Crippen LogP contribution is 2.18. The van der Waals surface area contributed by atoms with Crippen molar-refractivity contribution >= 4 is 18.3 Å².